The maximum absolute atomic E-state index is 12.7. The Morgan fingerprint density at radius 2 is 1.53 bits per heavy atom. The number of benzene rings is 1. The Hall–Kier alpha value is -3.63. The van der Waals surface area contributed by atoms with Crippen molar-refractivity contribution in [3.8, 4) is 0 Å². The zero-order chi connectivity index (χ0) is 22.3. The molecule has 0 aliphatic carbocycles. The lowest BCUT2D eigenvalue weighted by Crippen LogP contribution is -2.61. The van der Waals surface area contributed by atoms with E-state index in [1.807, 2.05) is 0 Å². The summed E-state index contributed by atoms with van der Waals surface area (Å²) in [6.45, 7) is 4.81. The summed E-state index contributed by atoms with van der Waals surface area (Å²) in [4.78, 5) is 47.7. The first-order chi connectivity index (χ1) is 14.3. The van der Waals surface area contributed by atoms with E-state index in [1.165, 1.54) is 30.3 Å². The molecule has 11 nitrogen and oxygen atoms in total. The molecule has 0 unspecified atom stereocenters. The lowest BCUT2D eigenvalue weighted by molar-refractivity contribution is -0.384. The van der Waals surface area contributed by atoms with Crippen LogP contribution in [0.15, 0.2) is 36.4 Å². The van der Waals surface area contributed by atoms with Crippen molar-refractivity contribution in [2.24, 2.45) is 0 Å². The van der Waals surface area contributed by atoms with Gasteiger partial charge in [-0.25, -0.2) is 19.4 Å². The van der Waals surface area contributed by atoms with Gasteiger partial charge in [0.05, 0.1) is 24.2 Å². The van der Waals surface area contributed by atoms with Gasteiger partial charge in [-0.05, 0) is 38.5 Å². The number of nitrogens with zero attached hydrogens (tertiary/aromatic N) is 3. The molecule has 30 heavy (non-hydrogen) atoms. The number of nitro groups is 1. The van der Waals surface area contributed by atoms with Gasteiger partial charge >= 0.3 is 18.2 Å². The Morgan fingerprint density at radius 1 is 0.967 bits per heavy atom. The molecule has 0 radical (unpaired) electrons. The van der Waals surface area contributed by atoms with E-state index in [2.05, 4.69) is 0 Å². The molecule has 0 bridgehead atoms. The zero-order valence-corrected chi connectivity index (χ0v) is 16.8. The Kier molecular flexibility index (Phi) is 7.73. The minimum absolute atomic E-state index is 0.0364. The van der Waals surface area contributed by atoms with Crippen molar-refractivity contribution in [1.82, 2.24) is 10.0 Å². The number of rotatable bonds is 6. The lowest BCUT2D eigenvalue weighted by atomic mass is 10.1. The molecule has 162 valence electrons. The average molecular weight is 421 g/mol. The third kappa shape index (κ3) is 5.25. The molecule has 2 rings (SSSR count). The van der Waals surface area contributed by atoms with E-state index in [4.69, 9.17) is 14.2 Å². The van der Waals surface area contributed by atoms with Gasteiger partial charge in [0, 0.05) is 12.1 Å². The van der Waals surface area contributed by atoms with E-state index in [-0.39, 0.29) is 25.5 Å². The van der Waals surface area contributed by atoms with Crippen LogP contribution in [0, 0.1) is 10.1 Å². The summed E-state index contributed by atoms with van der Waals surface area (Å²) >= 11 is 0. The summed E-state index contributed by atoms with van der Waals surface area (Å²) < 4.78 is 15.3. The SMILES string of the molecule is CCOC(=O)N1[C@H](C)C=C[C@H](C(=O)OCc2ccc([N+](=O)[O-])cc2)N1C(=O)OCC. The highest BCUT2D eigenvalue weighted by Gasteiger charge is 2.42. The van der Waals surface area contributed by atoms with Gasteiger partial charge in [0.1, 0.15) is 6.61 Å². The van der Waals surface area contributed by atoms with E-state index in [0.717, 1.165) is 10.0 Å². The minimum atomic E-state index is -1.25. The van der Waals surface area contributed by atoms with Crippen LogP contribution >= 0.6 is 0 Å². The number of amides is 2. The van der Waals surface area contributed by atoms with E-state index in [9.17, 15) is 24.5 Å². The molecule has 0 saturated heterocycles. The highest BCUT2D eigenvalue weighted by atomic mass is 16.6. The first kappa shape index (κ1) is 22.7. The molecule has 2 atom stereocenters. The van der Waals surface area contributed by atoms with E-state index in [0.29, 0.717) is 5.56 Å². The van der Waals surface area contributed by atoms with E-state index < -0.39 is 35.2 Å². The highest BCUT2D eigenvalue weighted by molar-refractivity contribution is 5.85. The Bertz CT molecular complexity index is 824. The van der Waals surface area contributed by atoms with Crippen LogP contribution in [0.1, 0.15) is 26.3 Å². The van der Waals surface area contributed by atoms with Crippen LogP contribution in [0.25, 0.3) is 0 Å². The number of non-ortho nitro benzene ring substituents is 1. The largest absolute Gasteiger partial charge is 0.459 e. The number of hydrogen-bond acceptors (Lipinski definition) is 8. The number of esters is 1. The summed E-state index contributed by atoms with van der Waals surface area (Å²) in [5, 5.41) is 12.6. The summed E-state index contributed by atoms with van der Waals surface area (Å²) in [5.74, 6) is -0.807. The quantitative estimate of drug-likeness (QED) is 0.225. The Morgan fingerprint density at radius 3 is 2.07 bits per heavy atom. The van der Waals surface area contributed by atoms with Gasteiger partial charge < -0.3 is 14.2 Å². The fourth-order valence-corrected chi connectivity index (χ4v) is 2.73. The van der Waals surface area contributed by atoms with Gasteiger partial charge in [-0.1, -0.05) is 12.2 Å². The fourth-order valence-electron chi connectivity index (χ4n) is 2.73. The third-order valence-electron chi connectivity index (χ3n) is 4.13. The van der Waals surface area contributed by atoms with Crippen molar-refractivity contribution in [3.63, 3.8) is 0 Å². The summed E-state index contributed by atoms with van der Waals surface area (Å²) in [5.41, 5.74) is 0.430. The molecule has 1 aromatic rings. The van der Waals surface area contributed by atoms with Gasteiger partial charge in [0.15, 0.2) is 6.04 Å². The second-order valence-electron chi connectivity index (χ2n) is 6.19. The molecular formula is C19H23N3O8. The van der Waals surface area contributed by atoms with Crippen molar-refractivity contribution in [2.45, 2.75) is 39.5 Å². The molecule has 0 N–H and O–H groups in total. The Labute approximate surface area is 172 Å². The monoisotopic (exact) mass is 421 g/mol. The normalized spacial score (nSPS) is 18.0. The predicted octanol–water partition coefficient (Wildman–Crippen LogP) is 2.80. The van der Waals surface area contributed by atoms with Crippen LogP contribution in [0.4, 0.5) is 15.3 Å². The van der Waals surface area contributed by atoms with Crippen LogP contribution in [0.5, 0.6) is 0 Å². The molecule has 11 heteroatoms. The van der Waals surface area contributed by atoms with Crippen LogP contribution < -0.4 is 0 Å². The number of hydrogen-bond donors (Lipinski definition) is 0. The first-order valence-electron chi connectivity index (χ1n) is 9.30. The van der Waals surface area contributed by atoms with Gasteiger partial charge in [-0.3, -0.25) is 10.1 Å². The second kappa shape index (κ2) is 10.2. The Balaban J connectivity index is 2.19. The maximum atomic E-state index is 12.7. The van der Waals surface area contributed by atoms with Crippen LogP contribution in [0.3, 0.4) is 0 Å². The standard InChI is InChI=1S/C19H23N3O8/c1-4-28-18(24)20-13(3)6-11-16(21(20)19(25)29-5-2)17(23)30-12-14-7-9-15(10-8-14)22(26)27/h6-11,13,16H,4-5,12H2,1-3H3/t13-,16-/m1/s1. The molecule has 0 fully saturated rings. The van der Waals surface area contributed by atoms with E-state index in [1.54, 1.807) is 26.8 Å². The van der Waals surface area contributed by atoms with Crippen LogP contribution in [-0.4, -0.2) is 58.4 Å². The zero-order valence-electron chi connectivity index (χ0n) is 16.8. The van der Waals surface area contributed by atoms with Crippen molar-refractivity contribution in [3.05, 3.63) is 52.1 Å². The molecule has 0 spiro atoms. The second-order valence-corrected chi connectivity index (χ2v) is 6.19. The smallest absolute Gasteiger partial charge is 0.430 e. The maximum Gasteiger partial charge on any atom is 0.430 e. The van der Waals surface area contributed by atoms with Crippen molar-refractivity contribution >= 4 is 23.8 Å². The molecule has 1 aromatic carbocycles. The lowest BCUT2D eigenvalue weighted by Gasteiger charge is -2.41. The van der Waals surface area contributed by atoms with Crippen molar-refractivity contribution in [1.29, 1.82) is 0 Å². The van der Waals surface area contributed by atoms with Gasteiger partial charge in [0.25, 0.3) is 5.69 Å². The summed E-state index contributed by atoms with van der Waals surface area (Å²) in [6.07, 6.45) is 1.30. The number of ether oxygens (including phenoxy) is 3. The average Bonchev–Trinajstić information content (AvgIpc) is 2.72. The number of carbonyl (C=O) groups is 3. The molecule has 1 aliphatic rings. The summed E-state index contributed by atoms with van der Waals surface area (Å²) in [7, 11) is 0. The van der Waals surface area contributed by atoms with Gasteiger partial charge in [-0.2, -0.15) is 5.01 Å². The third-order valence-corrected chi connectivity index (χ3v) is 4.13. The first-order valence-corrected chi connectivity index (χ1v) is 9.30. The van der Waals surface area contributed by atoms with E-state index >= 15 is 0 Å². The minimum Gasteiger partial charge on any atom is -0.459 e. The number of hydrazine groups is 1. The molecule has 0 aromatic heterocycles. The molecular weight excluding hydrogens is 398 g/mol. The highest BCUT2D eigenvalue weighted by Crippen LogP contribution is 2.22. The van der Waals surface area contributed by atoms with Crippen molar-refractivity contribution in [2.75, 3.05) is 13.2 Å². The van der Waals surface area contributed by atoms with Crippen molar-refractivity contribution < 1.29 is 33.5 Å². The van der Waals surface area contributed by atoms with Crippen LogP contribution in [-0.2, 0) is 25.6 Å². The van der Waals surface area contributed by atoms with Crippen LogP contribution in [0.2, 0.25) is 0 Å². The molecule has 1 heterocycles. The predicted molar refractivity (Wildman–Crippen MR) is 103 cm³/mol. The summed E-state index contributed by atoms with van der Waals surface area (Å²) in [6, 6.07) is 3.68. The molecule has 0 saturated carbocycles. The van der Waals surface area contributed by atoms with Gasteiger partial charge in [0.2, 0.25) is 0 Å². The number of carbonyl (C=O) groups excluding carboxylic acids is 3. The van der Waals surface area contributed by atoms with Gasteiger partial charge in [-0.15, -0.1) is 0 Å². The number of nitro benzene ring substituents is 1. The molecule has 1 aliphatic heterocycles. The fraction of sp³-hybridized carbons (Fsp3) is 0.421. The topological polar surface area (TPSA) is 129 Å². The molecule has 2 amide bonds.